The molecule has 0 radical (unpaired) electrons. The summed E-state index contributed by atoms with van der Waals surface area (Å²) >= 11 is -2.82. The van der Waals surface area contributed by atoms with Crippen LogP contribution in [0.4, 0.5) is 0 Å². The van der Waals surface area contributed by atoms with Crippen LogP contribution in [0.25, 0.3) is 0 Å². The molecule has 3 rings (SSSR count). The Morgan fingerprint density at radius 2 is 0.810 bits per heavy atom. The summed E-state index contributed by atoms with van der Waals surface area (Å²) in [6.45, 7) is 12.8. The van der Waals surface area contributed by atoms with E-state index in [1.807, 2.05) is 0 Å². The molecule has 0 saturated heterocycles. The Kier molecular flexibility index (Phi) is 26.0. The number of hydrogen-bond donors (Lipinski definition) is 0. The third kappa shape index (κ3) is 20.5. The molecule has 0 atom stereocenters. The normalized spacial score (nSPS) is 9.31. The number of carboxylic acids is 2. The Morgan fingerprint density at radius 3 is 1.00 bits per heavy atom. The average Bonchev–Trinajstić information content (AvgIpc) is 3.03. The third-order valence-corrected chi connectivity index (χ3v) is 23.1. The first-order valence-electron chi connectivity index (χ1n) is 14.9. The van der Waals surface area contributed by atoms with Gasteiger partial charge < -0.3 is 19.8 Å². The summed E-state index contributed by atoms with van der Waals surface area (Å²) in [7, 11) is 0. The molecule has 0 N–H and O–H groups in total. The Balaban J connectivity index is 0.000000633. The number of hydrogen-bond acceptors (Lipinski definition) is 4. The topological polar surface area (TPSA) is 80.3 Å². The van der Waals surface area contributed by atoms with Crippen LogP contribution >= 0.6 is 0 Å². The Bertz CT molecular complexity index is 958. The predicted molar refractivity (Wildman–Crippen MR) is 179 cm³/mol. The average molecular weight is 782 g/mol. The molecule has 0 bridgehead atoms. The van der Waals surface area contributed by atoms with Gasteiger partial charge in [0.2, 0.25) is 0 Å². The van der Waals surface area contributed by atoms with E-state index in [1.165, 1.54) is 49.3 Å². The fourth-order valence-electron chi connectivity index (χ4n) is 3.97. The summed E-state index contributed by atoms with van der Waals surface area (Å²) in [5.74, 6) is -2.46. The Labute approximate surface area is 269 Å². The molecule has 0 fully saturated rings. The van der Waals surface area contributed by atoms with Crippen LogP contribution in [0.3, 0.4) is 0 Å². The van der Waals surface area contributed by atoms with E-state index >= 15 is 0 Å². The second-order valence-electron chi connectivity index (χ2n) is 9.58. The second kappa shape index (κ2) is 27.5. The first kappa shape index (κ1) is 39.7. The van der Waals surface area contributed by atoms with Gasteiger partial charge in [-0.2, -0.15) is 0 Å². The molecule has 3 aromatic carbocycles. The molecule has 0 unspecified atom stereocenters. The number of aliphatic carboxylic acids is 2. The van der Waals surface area contributed by atoms with Crippen molar-refractivity contribution in [3.05, 3.63) is 116 Å². The van der Waals surface area contributed by atoms with Gasteiger partial charge >= 0.3 is 214 Å². The van der Waals surface area contributed by atoms with E-state index in [1.54, 1.807) is 13.3 Å². The zero-order valence-corrected chi connectivity index (χ0v) is 31.4. The maximum atomic E-state index is 9.14. The van der Waals surface area contributed by atoms with Gasteiger partial charge in [0.15, 0.2) is 0 Å². The van der Waals surface area contributed by atoms with Gasteiger partial charge in [-0.25, -0.2) is 0 Å². The van der Waals surface area contributed by atoms with Crippen molar-refractivity contribution in [2.24, 2.45) is 0 Å². The molecule has 0 saturated carbocycles. The number of carbonyl (C=O) groups is 2. The molecule has 0 heterocycles. The standard InChI is InChI=1S/3C6H5.3C4H9.2C3H4O2.2Sn/c3*1-2-4-6-5-3-1;3*1-3-4-2;2*1-2-3(4)5;;/h3*1-5H;3*1,3-4H2,2H3;2*2H,1H2,(H,4,5);;/q;;;;;;;;2*+1/p-2. The van der Waals surface area contributed by atoms with E-state index in [9.17, 15) is 0 Å². The van der Waals surface area contributed by atoms with Crippen LogP contribution in [0.15, 0.2) is 116 Å². The van der Waals surface area contributed by atoms with Crippen LogP contribution in [-0.4, -0.2) is 51.5 Å². The summed E-state index contributed by atoms with van der Waals surface area (Å²) in [6, 6.07) is 32.9. The van der Waals surface area contributed by atoms with Gasteiger partial charge in [-0.05, 0) is 12.2 Å². The van der Waals surface area contributed by atoms with E-state index in [4.69, 9.17) is 19.8 Å². The van der Waals surface area contributed by atoms with Gasteiger partial charge in [-0.1, -0.05) is 13.2 Å². The van der Waals surface area contributed by atoms with Crippen molar-refractivity contribution in [2.75, 3.05) is 0 Å². The van der Waals surface area contributed by atoms with Crippen LogP contribution in [0, 0.1) is 0 Å². The van der Waals surface area contributed by atoms with E-state index in [0.29, 0.717) is 0 Å². The minimum atomic E-state index is -1.98. The number of unbranched alkanes of at least 4 members (excludes halogenated alkanes) is 3. The molecular formula is C36H48O4Sn2. The van der Waals surface area contributed by atoms with Crippen LogP contribution < -0.4 is 21.0 Å². The number of carbonyl (C=O) groups excluding carboxylic acids is 2. The Morgan fingerprint density at radius 1 is 0.571 bits per heavy atom. The summed E-state index contributed by atoms with van der Waals surface area (Å²) in [6.07, 6.45) is 10.3. The SMILES string of the molecule is C=CC(=O)[O-].C=CC(=O)[O-].CCC[CH2][Sn+]([CH2]CCC)[CH2]CCC.c1cc[c]([Sn+]([c]2ccccc2)[c]2ccccc2)cc1. The van der Waals surface area contributed by atoms with Crippen LogP contribution in [0.2, 0.25) is 13.3 Å². The predicted octanol–water partition coefficient (Wildman–Crippen LogP) is 4.93. The molecule has 0 aliphatic carbocycles. The summed E-state index contributed by atoms with van der Waals surface area (Å²) in [5.41, 5.74) is 0. The second-order valence-corrected chi connectivity index (χ2v) is 25.2. The van der Waals surface area contributed by atoms with E-state index in [0.717, 1.165) is 12.2 Å². The summed E-state index contributed by atoms with van der Waals surface area (Å²) in [5, 5.41) is 18.3. The van der Waals surface area contributed by atoms with Crippen molar-refractivity contribution in [3.63, 3.8) is 0 Å². The molecule has 0 spiro atoms. The molecule has 0 aromatic heterocycles. The molecule has 6 heteroatoms. The zero-order chi connectivity index (χ0) is 31.4. The van der Waals surface area contributed by atoms with Crippen molar-refractivity contribution < 1.29 is 19.8 Å². The van der Waals surface area contributed by atoms with Gasteiger partial charge in [0, 0.05) is 0 Å². The number of benzene rings is 3. The van der Waals surface area contributed by atoms with Crippen LogP contribution in [-0.2, 0) is 9.59 Å². The molecular weight excluding hydrogens is 734 g/mol. The molecule has 3 aromatic rings. The van der Waals surface area contributed by atoms with Crippen LogP contribution in [0.5, 0.6) is 0 Å². The quantitative estimate of drug-likeness (QED) is 0.172. The first-order chi connectivity index (χ1) is 20.3. The summed E-state index contributed by atoms with van der Waals surface area (Å²) in [4.78, 5) is 18.3. The van der Waals surface area contributed by atoms with Crippen molar-refractivity contribution >= 4 is 62.2 Å². The molecule has 0 amide bonds. The van der Waals surface area contributed by atoms with Crippen LogP contribution in [0.1, 0.15) is 59.3 Å². The molecule has 42 heavy (non-hydrogen) atoms. The zero-order valence-electron chi connectivity index (χ0n) is 25.7. The molecule has 0 aliphatic heterocycles. The molecule has 224 valence electrons. The number of rotatable bonds is 14. The monoisotopic (exact) mass is 784 g/mol. The van der Waals surface area contributed by atoms with Gasteiger partial charge in [0.25, 0.3) is 0 Å². The van der Waals surface area contributed by atoms with Gasteiger partial charge in [0.1, 0.15) is 0 Å². The van der Waals surface area contributed by atoms with E-state index in [-0.39, 0.29) is 0 Å². The summed E-state index contributed by atoms with van der Waals surface area (Å²) < 4.78 is 9.63. The fraction of sp³-hybridized carbons (Fsp3) is 0.333. The minimum absolute atomic E-state index is 0.722. The van der Waals surface area contributed by atoms with Crippen molar-refractivity contribution in [2.45, 2.75) is 72.6 Å². The van der Waals surface area contributed by atoms with Crippen molar-refractivity contribution in [3.8, 4) is 0 Å². The van der Waals surface area contributed by atoms with Gasteiger partial charge in [-0.15, -0.1) is 0 Å². The van der Waals surface area contributed by atoms with E-state index in [2.05, 4.69) is 125 Å². The number of carboxylic acid groups (broad SMARTS) is 2. The maximum absolute atomic E-state index is 9.14. The van der Waals surface area contributed by atoms with E-state index < -0.39 is 51.5 Å². The first-order valence-corrected chi connectivity index (χ1v) is 25.2. The fourth-order valence-corrected chi connectivity index (χ4v) is 20.8. The van der Waals surface area contributed by atoms with Crippen molar-refractivity contribution in [1.82, 2.24) is 0 Å². The third-order valence-electron chi connectivity index (χ3n) is 6.17. The van der Waals surface area contributed by atoms with Gasteiger partial charge in [0.05, 0.1) is 11.9 Å². The molecule has 0 aliphatic rings. The molecule has 4 nitrogen and oxygen atoms in total. The van der Waals surface area contributed by atoms with Crippen molar-refractivity contribution in [1.29, 1.82) is 0 Å². The Hall–Kier alpha value is -2.32. The van der Waals surface area contributed by atoms with Gasteiger partial charge in [-0.3, -0.25) is 0 Å².